The van der Waals surface area contributed by atoms with E-state index in [1.54, 1.807) is 0 Å². The van der Waals surface area contributed by atoms with Gasteiger partial charge in [-0.25, -0.2) is 0 Å². The molecule has 0 unspecified atom stereocenters. The minimum absolute atomic E-state index is 0.938. The van der Waals surface area contributed by atoms with E-state index in [2.05, 4.69) is 60.3 Å². The molecule has 0 fully saturated rings. The second-order valence-electron chi connectivity index (χ2n) is 4.81. The van der Waals surface area contributed by atoms with Gasteiger partial charge >= 0.3 is 0 Å². The van der Waals surface area contributed by atoms with Gasteiger partial charge in [0.05, 0.1) is 5.69 Å². The molecule has 0 spiro atoms. The number of hydrogen-bond donors (Lipinski definition) is 1. The quantitative estimate of drug-likeness (QED) is 0.874. The third-order valence-electron chi connectivity index (χ3n) is 3.17. The Morgan fingerprint density at radius 3 is 2.78 bits per heavy atom. The summed E-state index contributed by atoms with van der Waals surface area (Å²) in [7, 11) is 2.15. The van der Waals surface area contributed by atoms with Crippen molar-refractivity contribution in [3.05, 3.63) is 41.6 Å². The van der Waals surface area contributed by atoms with Crippen molar-refractivity contribution in [1.82, 2.24) is 15.1 Å². The van der Waals surface area contributed by atoms with E-state index >= 15 is 0 Å². The molecule has 2 aromatic rings. The van der Waals surface area contributed by atoms with Crippen LogP contribution in [0.1, 0.15) is 24.5 Å². The summed E-state index contributed by atoms with van der Waals surface area (Å²) in [5.41, 5.74) is 4.83. The van der Waals surface area contributed by atoms with Crippen molar-refractivity contribution in [1.29, 1.82) is 0 Å². The zero-order valence-electron chi connectivity index (χ0n) is 11.4. The molecule has 1 aromatic heterocycles. The summed E-state index contributed by atoms with van der Waals surface area (Å²) in [6.07, 6.45) is 3.18. The van der Waals surface area contributed by atoms with Crippen LogP contribution >= 0.6 is 0 Å². The fraction of sp³-hybridized carbons (Fsp3) is 0.400. The van der Waals surface area contributed by atoms with Crippen molar-refractivity contribution in [2.45, 2.75) is 26.8 Å². The normalized spacial score (nSPS) is 11.1. The van der Waals surface area contributed by atoms with Crippen LogP contribution in [0.2, 0.25) is 0 Å². The Labute approximate surface area is 109 Å². The highest BCUT2D eigenvalue weighted by Crippen LogP contribution is 2.25. The van der Waals surface area contributed by atoms with Gasteiger partial charge in [0, 0.05) is 23.9 Å². The summed E-state index contributed by atoms with van der Waals surface area (Å²) in [5.74, 6) is 0. The largest absolute Gasteiger partial charge is 0.302 e. The van der Waals surface area contributed by atoms with Crippen molar-refractivity contribution < 1.29 is 0 Å². The number of aromatic nitrogens is 2. The Balaban J connectivity index is 2.25. The molecule has 1 heterocycles. The van der Waals surface area contributed by atoms with Crippen LogP contribution in [0.5, 0.6) is 0 Å². The zero-order chi connectivity index (χ0) is 13.0. The molecule has 0 aliphatic heterocycles. The first-order valence-corrected chi connectivity index (χ1v) is 6.49. The highest BCUT2D eigenvalue weighted by atomic mass is 15.1. The fourth-order valence-corrected chi connectivity index (χ4v) is 2.26. The fourth-order valence-electron chi connectivity index (χ4n) is 2.26. The number of nitrogens with one attached hydrogen (secondary N) is 1. The molecule has 0 bridgehead atoms. The van der Waals surface area contributed by atoms with Crippen molar-refractivity contribution in [3.63, 3.8) is 0 Å². The van der Waals surface area contributed by atoms with Crippen LogP contribution in [0.4, 0.5) is 0 Å². The van der Waals surface area contributed by atoms with Gasteiger partial charge in [-0.05, 0) is 32.5 Å². The van der Waals surface area contributed by atoms with E-state index in [0.717, 1.165) is 18.8 Å². The van der Waals surface area contributed by atoms with E-state index < -0.39 is 0 Å². The first kappa shape index (κ1) is 12.8. The topological polar surface area (TPSA) is 31.9 Å². The molecule has 0 saturated carbocycles. The molecule has 18 heavy (non-hydrogen) atoms. The van der Waals surface area contributed by atoms with Gasteiger partial charge in [-0.3, -0.25) is 5.10 Å². The maximum Gasteiger partial charge on any atom is 0.0968 e. The molecule has 96 valence electrons. The molecule has 0 aliphatic rings. The van der Waals surface area contributed by atoms with Gasteiger partial charge in [0.2, 0.25) is 0 Å². The SMILES string of the molecule is CCCN(C)Cc1c[nH]nc1-c1ccccc1C. The average molecular weight is 243 g/mol. The van der Waals surface area contributed by atoms with Gasteiger partial charge in [0.1, 0.15) is 0 Å². The van der Waals surface area contributed by atoms with Crippen LogP contribution in [-0.4, -0.2) is 28.7 Å². The average Bonchev–Trinajstić information content (AvgIpc) is 2.78. The number of aromatic amines is 1. The molecule has 1 aromatic carbocycles. The summed E-state index contributed by atoms with van der Waals surface area (Å²) in [5, 5.41) is 7.40. The predicted octanol–water partition coefficient (Wildman–Crippen LogP) is 3.23. The summed E-state index contributed by atoms with van der Waals surface area (Å²) in [4.78, 5) is 2.33. The molecule has 3 nitrogen and oxygen atoms in total. The van der Waals surface area contributed by atoms with Crippen molar-refractivity contribution in [2.75, 3.05) is 13.6 Å². The second-order valence-corrected chi connectivity index (χ2v) is 4.81. The lowest BCUT2D eigenvalue weighted by Gasteiger charge is -2.15. The van der Waals surface area contributed by atoms with Crippen LogP contribution < -0.4 is 0 Å². The summed E-state index contributed by atoms with van der Waals surface area (Å²) in [6, 6.07) is 8.39. The molecule has 0 amide bonds. The second kappa shape index (κ2) is 5.83. The summed E-state index contributed by atoms with van der Waals surface area (Å²) in [6.45, 7) is 6.38. The number of H-pyrrole nitrogens is 1. The Morgan fingerprint density at radius 1 is 1.28 bits per heavy atom. The smallest absolute Gasteiger partial charge is 0.0968 e. The van der Waals surface area contributed by atoms with Gasteiger partial charge in [-0.15, -0.1) is 0 Å². The molecular weight excluding hydrogens is 222 g/mol. The van der Waals surface area contributed by atoms with Crippen LogP contribution in [0.3, 0.4) is 0 Å². The van der Waals surface area contributed by atoms with E-state index in [1.165, 1.54) is 23.1 Å². The Hall–Kier alpha value is -1.61. The minimum Gasteiger partial charge on any atom is -0.302 e. The lowest BCUT2D eigenvalue weighted by molar-refractivity contribution is 0.328. The van der Waals surface area contributed by atoms with E-state index in [-0.39, 0.29) is 0 Å². The Morgan fingerprint density at radius 2 is 2.06 bits per heavy atom. The summed E-state index contributed by atoms with van der Waals surface area (Å²) >= 11 is 0. The van der Waals surface area contributed by atoms with Gasteiger partial charge in [-0.1, -0.05) is 31.2 Å². The van der Waals surface area contributed by atoms with Crippen LogP contribution in [0.15, 0.2) is 30.5 Å². The highest BCUT2D eigenvalue weighted by Gasteiger charge is 2.11. The first-order valence-electron chi connectivity index (χ1n) is 6.49. The molecular formula is C15H21N3. The maximum atomic E-state index is 4.41. The molecule has 3 heteroatoms. The van der Waals surface area contributed by atoms with Crippen LogP contribution in [-0.2, 0) is 6.54 Å². The van der Waals surface area contributed by atoms with E-state index in [1.807, 2.05) is 6.20 Å². The molecule has 0 saturated heterocycles. The standard InChI is InChI=1S/C15H21N3/c1-4-9-18(3)11-13-10-16-17-15(13)14-8-6-5-7-12(14)2/h5-8,10H,4,9,11H2,1-3H3,(H,16,17). The van der Waals surface area contributed by atoms with E-state index in [0.29, 0.717) is 0 Å². The van der Waals surface area contributed by atoms with Gasteiger partial charge in [-0.2, -0.15) is 5.10 Å². The van der Waals surface area contributed by atoms with E-state index in [4.69, 9.17) is 0 Å². The molecule has 1 N–H and O–H groups in total. The van der Waals surface area contributed by atoms with Crippen LogP contribution in [0, 0.1) is 6.92 Å². The summed E-state index contributed by atoms with van der Waals surface area (Å²) < 4.78 is 0. The van der Waals surface area contributed by atoms with Gasteiger partial charge in [0.15, 0.2) is 0 Å². The monoisotopic (exact) mass is 243 g/mol. The Kier molecular flexibility index (Phi) is 4.15. The first-order chi connectivity index (χ1) is 8.72. The number of nitrogens with zero attached hydrogens (tertiary/aromatic N) is 2. The van der Waals surface area contributed by atoms with E-state index in [9.17, 15) is 0 Å². The number of benzene rings is 1. The van der Waals surface area contributed by atoms with Crippen LogP contribution in [0.25, 0.3) is 11.3 Å². The molecule has 0 radical (unpaired) electrons. The van der Waals surface area contributed by atoms with Crippen molar-refractivity contribution in [3.8, 4) is 11.3 Å². The van der Waals surface area contributed by atoms with Gasteiger partial charge in [0.25, 0.3) is 0 Å². The van der Waals surface area contributed by atoms with Crippen molar-refractivity contribution >= 4 is 0 Å². The molecule has 0 aliphatic carbocycles. The molecule has 0 atom stereocenters. The predicted molar refractivity (Wildman–Crippen MR) is 75.4 cm³/mol. The zero-order valence-corrected chi connectivity index (χ0v) is 11.4. The third kappa shape index (κ3) is 2.79. The number of aryl methyl sites for hydroxylation is 1. The third-order valence-corrected chi connectivity index (χ3v) is 3.17. The maximum absolute atomic E-state index is 4.41. The van der Waals surface area contributed by atoms with Crippen molar-refractivity contribution in [2.24, 2.45) is 0 Å². The minimum atomic E-state index is 0.938. The highest BCUT2D eigenvalue weighted by molar-refractivity contribution is 5.66. The lowest BCUT2D eigenvalue weighted by Crippen LogP contribution is -2.18. The number of hydrogen-bond acceptors (Lipinski definition) is 2. The molecule has 2 rings (SSSR count). The lowest BCUT2D eigenvalue weighted by atomic mass is 10.0. The number of rotatable bonds is 5. The van der Waals surface area contributed by atoms with Gasteiger partial charge < -0.3 is 4.90 Å². The Bertz CT molecular complexity index is 502.